The maximum atomic E-state index is 12.5. The number of aromatic nitrogens is 1. The van der Waals surface area contributed by atoms with Gasteiger partial charge < -0.3 is 19.9 Å². The van der Waals surface area contributed by atoms with Gasteiger partial charge in [0.25, 0.3) is 0 Å². The van der Waals surface area contributed by atoms with Gasteiger partial charge in [-0.3, -0.25) is 4.79 Å². The van der Waals surface area contributed by atoms with E-state index >= 15 is 0 Å². The average Bonchev–Trinajstić information content (AvgIpc) is 3.07. The molecule has 2 atom stereocenters. The molecule has 6 heteroatoms. The molecule has 1 aromatic rings. The maximum absolute atomic E-state index is 12.5. The first-order valence-corrected chi connectivity index (χ1v) is 8.18. The summed E-state index contributed by atoms with van der Waals surface area (Å²) in [4.78, 5) is 29.4. The van der Waals surface area contributed by atoms with Crippen LogP contribution in [0.2, 0.25) is 0 Å². The highest BCUT2D eigenvalue weighted by Gasteiger charge is 2.31. The van der Waals surface area contributed by atoms with Gasteiger partial charge in [-0.2, -0.15) is 0 Å². The van der Waals surface area contributed by atoms with Crippen LogP contribution in [0.4, 0.5) is 4.79 Å². The normalized spacial score (nSPS) is 19.5. The summed E-state index contributed by atoms with van der Waals surface area (Å²) in [6.45, 7) is 8.03. The quantitative estimate of drug-likeness (QED) is 0.895. The molecule has 2 N–H and O–H groups in total. The number of nitrogens with zero attached hydrogens (tertiary/aromatic N) is 1. The fourth-order valence-corrected chi connectivity index (χ4v) is 2.88. The van der Waals surface area contributed by atoms with Gasteiger partial charge in [-0.15, -0.1) is 0 Å². The fraction of sp³-hybridized carbons (Fsp3) is 0.647. The number of hydrogen-bond donors (Lipinski definition) is 2. The number of carbonyl (C=O) groups is 2. The molecular formula is C17H27N3O3. The molecule has 0 saturated carbocycles. The van der Waals surface area contributed by atoms with Crippen LogP contribution in [0, 0.1) is 0 Å². The van der Waals surface area contributed by atoms with E-state index in [4.69, 9.17) is 4.74 Å². The lowest BCUT2D eigenvalue weighted by Crippen LogP contribution is -2.41. The lowest BCUT2D eigenvalue weighted by molar-refractivity contribution is -0.132. The minimum Gasteiger partial charge on any atom is -0.444 e. The molecule has 2 amide bonds. The Balaban J connectivity index is 1.87. The van der Waals surface area contributed by atoms with E-state index in [-0.39, 0.29) is 24.4 Å². The van der Waals surface area contributed by atoms with Crippen molar-refractivity contribution in [2.24, 2.45) is 0 Å². The van der Waals surface area contributed by atoms with Crippen molar-refractivity contribution in [2.75, 3.05) is 6.54 Å². The standard InChI is InChI=1S/C17H27N3O3/c1-12(19-16(22)23-17(2,3)4)11-15(21)20-10-6-8-14(20)13-7-5-9-18-13/h5,7,9,12,14,18H,6,8,10-11H2,1-4H3,(H,19,22)/t12-,14-/m1/s1. The second-order valence-electron chi connectivity index (χ2n) is 7.12. The number of rotatable bonds is 4. The Hall–Kier alpha value is -1.98. The monoisotopic (exact) mass is 321 g/mol. The van der Waals surface area contributed by atoms with Crippen molar-refractivity contribution in [1.82, 2.24) is 15.2 Å². The molecule has 128 valence electrons. The van der Waals surface area contributed by atoms with Crippen LogP contribution in [0.1, 0.15) is 58.7 Å². The molecule has 23 heavy (non-hydrogen) atoms. The molecule has 0 aliphatic carbocycles. The third-order valence-electron chi connectivity index (χ3n) is 3.80. The predicted molar refractivity (Wildman–Crippen MR) is 87.9 cm³/mol. The average molecular weight is 321 g/mol. The summed E-state index contributed by atoms with van der Waals surface area (Å²) < 4.78 is 5.22. The number of aromatic amines is 1. The van der Waals surface area contributed by atoms with Crippen molar-refractivity contribution >= 4 is 12.0 Å². The van der Waals surface area contributed by atoms with E-state index in [0.717, 1.165) is 25.1 Å². The molecule has 2 rings (SSSR count). The highest BCUT2D eigenvalue weighted by atomic mass is 16.6. The molecule has 1 saturated heterocycles. The molecule has 1 aromatic heterocycles. The third-order valence-corrected chi connectivity index (χ3v) is 3.80. The van der Waals surface area contributed by atoms with Crippen LogP contribution < -0.4 is 5.32 Å². The second-order valence-corrected chi connectivity index (χ2v) is 7.12. The molecular weight excluding hydrogens is 294 g/mol. The van der Waals surface area contributed by atoms with Crippen LogP contribution in [0.5, 0.6) is 0 Å². The van der Waals surface area contributed by atoms with Gasteiger partial charge in [0.05, 0.1) is 6.04 Å². The van der Waals surface area contributed by atoms with Gasteiger partial charge in [-0.1, -0.05) is 0 Å². The number of amides is 2. The minimum absolute atomic E-state index is 0.0608. The molecule has 0 spiro atoms. The zero-order valence-electron chi connectivity index (χ0n) is 14.4. The topological polar surface area (TPSA) is 74.4 Å². The van der Waals surface area contributed by atoms with Gasteiger partial charge in [0, 0.05) is 30.9 Å². The van der Waals surface area contributed by atoms with Crippen LogP contribution in [0.3, 0.4) is 0 Å². The van der Waals surface area contributed by atoms with Crippen molar-refractivity contribution in [3.8, 4) is 0 Å². The van der Waals surface area contributed by atoms with Gasteiger partial charge in [0.2, 0.25) is 5.91 Å². The van der Waals surface area contributed by atoms with E-state index in [9.17, 15) is 9.59 Å². The highest BCUT2D eigenvalue weighted by Crippen LogP contribution is 2.31. The Labute approximate surface area is 137 Å². The summed E-state index contributed by atoms with van der Waals surface area (Å²) in [7, 11) is 0. The number of likely N-dealkylation sites (tertiary alicyclic amines) is 1. The molecule has 0 radical (unpaired) electrons. The maximum Gasteiger partial charge on any atom is 0.407 e. The lowest BCUT2D eigenvalue weighted by Gasteiger charge is -2.26. The summed E-state index contributed by atoms with van der Waals surface area (Å²) in [6, 6.07) is 3.82. The SMILES string of the molecule is C[C@H](CC(=O)N1CCC[C@@H]1c1ccc[nH]1)NC(=O)OC(C)(C)C. The van der Waals surface area contributed by atoms with E-state index in [1.54, 1.807) is 0 Å². The van der Waals surface area contributed by atoms with Gasteiger partial charge in [0.1, 0.15) is 5.60 Å². The summed E-state index contributed by atoms with van der Waals surface area (Å²) >= 11 is 0. The first-order chi connectivity index (χ1) is 10.8. The minimum atomic E-state index is -0.540. The molecule has 0 bridgehead atoms. The number of ether oxygens (including phenoxy) is 1. The van der Waals surface area contributed by atoms with E-state index in [1.165, 1.54) is 0 Å². The first-order valence-electron chi connectivity index (χ1n) is 8.18. The van der Waals surface area contributed by atoms with Crippen molar-refractivity contribution < 1.29 is 14.3 Å². The Morgan fingerprint density at radius 1 is 1.48 bits per heavy atom. The molecule has 1 aliphatic rings. The summed E-state index contributed by atoms with van der Waals surface area (Å²) in [5.74, 6) is 0.0608. The Bertz CT molecular complexity index is 534. The van der Waals surface area contributed by atoms with Gasteiger partial charge >= 0.3 is 6.09 Å². The summed E-state index contributed by atoms with van der Waals surface area (Å²) in [5.41, 5.74) is 0.533. The first kappa shape index (κ1) is 17.4. The van der Waals surface area contributed by atoms with Crippen LogP contribution in [0.15, 0.2) is 18.3 Å². The van der Waals surface area contributed by atoms with Gasteiger partial charge in [-0.05, 0) is 52.7 Å². The molecule has 6 nitrogen and oxygen atoms in total. The fourth-order valence-electron chi connectivity index (χ4n) is 2.88. The molecule has 1 fully saturated rings. The zero-order valence-corrected chi connectivity index (χ0v) is 14.4. The number of hydrogen-bond acceptors (Lipinski definition) is 3. The molecule has 0 unspecified atom stereocenters. The van der Waals surface area contributed by atoms with Crippen molar-refractivity contribution in [3.63, 3.8) is 0 Å². The Morgan fingerprint density at radius 2 is 2.22 bits per heavy atom. The van der Waals surface area contributed by atoms with E-state index in [2.05, 4.69) is 10.3 Å². The summed E-state index contributed by atoms with van der Waals surface area (Å²) in [6.07, 6.45) is 3.64. The van der Waals surface area contributed by atoms with Crippen molar-refractivity contribution in [1.29, 1.82) is 0 Å². The van der Waals surface area contributed by atoms with Crippen LogP contribution in [-0.4, -0.2) is 40.1 Å². The third kappa shape index (κ3) is 5.01. The van der Waals surface area contributed by atoms with E-state index in [0.29, 0.717) is 0 Å². The number of nitrogens with one attached hydrogen (secondary N) is 2. The van der Waals surface area contributed by atoms with Gasteiger partial charge in [-0.25, -0.2) is 4.79 Å². The Morgan fingerprint density at radius 3 is 2.83 bits per heavy atom. The zero-order chi connectivity index (χ0) is 17.0. The second kappa shape index (κ2) is 7.06. The van der Waals surface area contributed by atoms with Crippen LogP contribution in [-0.2, 0) is 9.53 Å². The lowest BCUT2D eigenvalue weighted by atomic mass is 10.1. The highest BCUT2D eigenvalue weighted by molar-refractivity contribution is 5.78. The number of H-pyrrole nitrogens is 1. The molecule has 0 aromatic carbocycles. The molecule has 1 aliphatic heterocycles. The Kier molecular flexibility index (Phi) is 5.34. The molecule has 2 heterocycles. The smallest absolute Gasteiger partial charge is 0.407 e. The van der Waals surface area contributed by atoms with E-state index < -0.39 is 11.7 Å². The van der Waals surface area contributed by atoms with E-state index in [1.807, 2.05) is 50.9 Å². The van der Waals surface area contributed by atoms with Crippen LogP contribution in [0.25, 0.3) is 0 Å². The number of carbonyl (C=O) groups excluding carboxylic acids is 2. The van der Waals surface area contributed by atoms with Crippen molar-refractivity contribution in [2.45, 2.75) is 64.6 Å². The largest absolute Gasteiger partial charge is 0.444 e. The number of alkyl carbamates (subject to hydrolysis) is 1. The predicted octanol–water partition coefficient (Wildman–Crippen LogP) is 2.98. The summed E-state index contributed by atoms with van der Waals surface area (Å²) in [5, 5.41) is 2.72. The van der Waals surface area contributed by atoms with Crippen molar-refractivity contribution in [3.05, 3.63) is 24.0 Å². The van der Waals surface area contributed by atoms with Gasteiger partial charge in [0.15, 0.2) is 0 Å². The van der Waals surface area contributed by atoms with Crippen LogP contribution >= 0.6 is 0 Å².